The third-order valence-electron chi connectivity index (χ3n) is 2.63. The molecular weight excluding hydrogens is 235 g/mol. The van der Waals surface area contributed by atoms with Crippen LogP contribution >= 0.6 is 0 Å². The predicted octanol–water partition coefficient (Wildman–Crippen LogP) is 1.77. The average molecular weight is 247 g/mol. The van der Waals surface area contributed by atoms with E-state index in [0.717, 1.165) is 0 Å². The molecule has 1 heterocycles. The molecule has 17 heavy (non-hydrogen) atoms. The van der Waals surface area contributed by atoms with E-state index >= 15 is 0 Å². The molecule has 1 fully saturated rings. The standard InChI is InChI=1S/C11H12F3NO2/c1-16-7-4-6(12)10(13)9(11(7)14)8-5-15-2-3-17-8/h4,8,15H,2-3,5H2,1H3. The number of morpholine rings is 1. The number of halogens is 3. The molecule has 1 aliphatic rings. The van der Waals surface area contributed by atoms with Gasteiger partial charge in [-0.1, -0.05) is 0 Å². The Morgan fingerprint density at radius 1 is 1.35 bits per heavy atom. The Labute approximate surface area is 96.5 Å². The third kappa shape index (κ3) is 2.23. The van der Waals surface area contributed by atoms with Crippen LogP contribution in [0.2, 0.25) is 0 Å². The first-order valence-corrected chi connectivity index (χ1v) is 5.19. The summed E-state index contributed by atoms with van der Waals surface area (Å²) in [6, 6.07) is 0.685. The zero-order chi connectivity index (χ0) is 12.4. The molecule has 6 heteroatoms. The summed E-state index contributed by atoms with van der Waals surface area (Å²) >= 11 is 0. The highest BCUT2D eigenvalue weighted by molar-refractivity contribution is 5.35. The Kier molecular flexibility index (Phi) is 3.54. The highest BCUT2D eigenvalue weighted by Crippen LogP contribution is 2.32. The van der Waals surface area contributed by atoms with Crippen LogP contribution in [-0.2, 0) is 4.74 Å². The van der Waals surface area contributed by atoms with Crippen LogP contribution in [0, 0.1) is 17.5 Å². The molecule has 0 amide bonds. The molecule has 1 unspecified atom stereocenters. The smallest absolute Gasteiger partial charge is 0.174 e. The van der Waals surface area contributed by atoms with Gasteiger partial charge in [-0.2, -0.15) is 0 Å². The van der Waals surface area contributed by atoms with Gasteiger partial charge in [-0.15, -0.1) is 0 Å². The van der Waals surface area contributed by atoms with Gasteiger partial charge in [0.25, 0.3) is 0 Å². The van der Waals surface area contributed by atoms with Gasteiger partial charge in [0.1, 0.15) is 6.10 Å². The lowest BCUT2D eigenvalue weighted by molar-refractivity contribution is 0.0224. The molecular formula is C11H12F3NO2. The van der Waals surface area contributed by atoms with E-state index in [1.807, 2.05) is 0 Å². The quantitative estimate of drug-likeness (QED) is 0.808. The van der Waals surface area contributed by atoms with E-state index in [1.165, 1.54) is 7.11 Å². The maximum atomic E-state index is 13.9. The Hall–Kier alpha value is -1.27. The molecule has 1 saturated heterocycles. The molecule has 0 bridgehead atoms. The van der Waals surface area contributed by atoms with Crippen LogP contribution in [0.25, 0.3) is 0 Å². The summed E-state index contributed by atoms with van der Waals surface area (Å²) in [7, 11) is 1.19. The number of hydrogen-bond acceptors (Lipinski definition) is 3. The summed E-state index contributed by atoms with van der Waals surface area (Å²) in [5.74, 6) is -3.61. The molecule has 0 spiro atoms. The predicted molar refractivity (Wildman–Crippen MR) is 54.4 cm³/mol. The van der Waals surface area contributed by atoms with Crippen molar-refractivity contribution in [3.05, 3.63) is 29.1 Å². The van der Waals surface area contributed by atoms with E-state index in [4.69, 9.17) is 4.74 Å². The van der Waals surface area contributed by atoms with Crippen LogP contribution < -0.4 is 10.1 Å². The second-order valence-corrected chi connectivity index (χ2v) is 3.67. The Balaban J connectivity index is 2.46. The number of methoxy groups -OCH3 is 1. The van der Waals surface area contributed by atoms with Gasteiger partial charge in [-0.25, -0.2) is 13.2 Å². The minimum absolute atomic E-state index is 0.237. The Bertz CT molecular complexity index is 420. The first-order valence-electron chi connectivity index (χ1n) is 5.19. The molecule has 1 aromatic rings. The molecule has 0 radical (unpaired) electrons. The van der Waals surface area contributed by atoms with Crippen molar-refractivity contribution in [3.8, 4) is 5.75 Å². The monoisotopic (exact) mass is 247 g/mol. The summed E-state index contributed by atoms with van der Waals surface area (Å²) in [5, 5.41) is 2.92. The first-order chi connectivity index (χ1) is 8.15. The molecule has 2 rings (SSSR count). The van der Waals surface area contributed by atoms with Crippen LogP contribution in [-0.4, -0.2) is 26.8 Å². The molecule has 1 aromatic carbocycles. The average Bonchev–Trinajstić information content (AvgIpc) is 2.35. The minimum atomic E-state index is -1.22. The SMILES string of the molecule is COc1cc(F)c(F)c(C2CNCCO2)c1F. The summed E-state index contributed by atoms with van der Waals surface area (Å²) in [4.78, 5) is 0. The van der Waals surface area contributed by atoms with E-state index in [-0.39, 0.29) is 12.3 Å². The number of rotatable bonds is 2. The summed E-state index contributed by atoms with van der Waals surface area (Å²) < 4.78 is 50.6. The summed E-state index contributed by atoms with van der Waals surface area (Å²) in [6.45, 7) is 1.16. The number of ether oxygens (including phenoxy) is 2. The zero-order valence-corrected chi connectivity index (χ0v) is 9.23. The van der Waals surface area contributed by atoms with Crippen LogP contribution in [0.5, 0.6) is 5.75 Å². The fraction of sp³-hybridized carbons (Fsp3) is 0.455. The molecule has 0 saturated carbocycles. The van der Waals surface area contributed by atoms with Crippen molar-refractivity contribution in [2.75, 3.05) is 26.8 Å². The largest absolute Gasteiger partial charge is 0.494 e. The Morgan fingerprint density at radius 3 is 2.71 bits per heavy atom. The van der Waals surface area contributed by atoms with E-state index < -0.39 is 29.1 Å². The van der Waals surface area contributed by atoms with Crippen LogP contribution in [0.3, 0.4) is 0 Å². The van der Waals surface area contributed by atoms with Gasteiger partial charge in [-0.05, 0) is 0 Å². The lowest BCUT2D eigenvalue weighted by Crippen LogP contribution is -2.34. The molecule has 1 N–H and O–H groups in total. The molecule has 94 valence electrons. The molecule has 0 aromatic heterocycles. The van der Waals surface area contributed by atoms with E-state index in [1.54, 1.807) is 0 Å². The highest BCUT2D eigenvalue weighted by Gasteiger charge is 2.28. The zero-order valence-electron chi connectivity index (χ0n) is 9.23. The second-order valence-electron chi connectivity index (χ2n) is 3.67. The molecule has 0 aliphatic carbocycles. The molecule has 3 nitrogen and oxygen atoms in total. The van der Waals surface area contributed by atoms with Crippen molar-refractivity contribution < 1.29 is 22.6 Å². The van der Waals surface area contributed by atoms with Gasteiger partial charge in [0.05, 0.1) is 19.3 Å². The third-order valence-corrected chi connectivity index (χ3v) is 2.63. The molecule has 1 aliphatic heterocycles. The van der Waals surface area contributed by atoms with Crippen molar-refractivity contribution in [1.29, 1.82) is 0 Å². The van der Waals surface area contributed by atoms with Gasteiger partial charge in [0.15, 0.2) is 23.2 Å². The normalized spacial score (nSPS) is 20.4. The van der Waals surface area contributed by atoms with Crippen molar-refractivity contribution in [2.45, 2.75) is 6.10 Å². The topological polar surface area (TPSA) is 30.5 Å². The van der Waals surface area contributed by atoms with Crippen molar-refractivity contribution in [1.82, 2.24) is 5.32 Å². The van der Waals surface area contributed by atoms with Gasteiger partial charge in [0, 0.05) is 19.2 Å². The van der Waals surface area contributed by atoms with E-state index in [9.17, 15) is 13.2 Å². The molecule has 1 atom stereocenters. The van der Waals surface area contributed by atoms with Crippen molar-refractivity contribution in [2.24, 2.45) is 0 Å². The minimum Gasteiger partial charge on any atom is -0.494 e. The van der Waals surface area contributed by atoms with Crippen LogP contribution in [0.1, 0.15) is 11.7 Å². The van der Waals surface area contributed by atoms with E-state index in [0.29, 0.717) is 19.2 Å². The maximum absolute atomic E-state index is 13.9. The maximum Gasteiger partial charge on any atom is 0.174 e. The van der Waals surface area contributed by atoms with Gasteiger partial charge < -0.3 is 14.8 Å². The van der Waals surface area contributed by atoms with Crippen molar-refractivity contribution in [3.63, 3.8) is 0 Å². The van der Waals surface area contributed by atoms with Gasteiger partial charge in [-0.3, -0.25) is 0 Å². The van der Waals surface area contributed by atoms with Crippen LogP contribution in [0.4, 0.5) is 13.2 Å². The second kappa shape index (κ2) is 4.93. The fourth-order valence-corrected chi connectivity index (χ4v) is 1.78. The van der Waals surface area contributed by atoms with Crippen LogP contribution in [0.15, 0.2) is 6.07 Å². The highest BCUT2D eigenvalue weighted by atomic mass is 19.2. The number of hydrogen-bond donors (Lipinski definition) is 1. The van der Waals surface area contributed by atoms with Crippen molar-refractivity contribution >= 4 is 0 Å². The first kappa shape index (κ1) is 12.2. The van der Waals surface area contributed by atoms with E-state index in [2.05, 4.69) is 10.1 Å². The van der Waals surface area contributed by atoms with Gasteiger partial charge >= 0.3 is 0 Å². The Morgan fingerprint density at radius 2 is 2.12 bits per heavy atom. The lowest BCUT2D eigenvalue weighted by atomic mass is 10.1. The van der Waals surface area contributed by atoms with Gasteiger partial charge in [0.2, 0.25) is 0 Å². The number of benzene rings is 1. The summed E-state index contributed by atoms with van der Waals surface area (Å²) in [5.41, 5.74) is -0.422. The lowest BCUT2D eigenvalue weighted by Gasteiger charge is -2.25. The fourth-order valence-electron chi connectivity index (χ4n) is 1.78. The number of nitrogens with one attached hydrogen (secondary N) is 1. The summed E-state index contributed by atoms with van der Waals surface area (Å²) in [6.07, 6.45) is -0.839.